The van der Waals surface area contributed by atoms with Gasteiger partial charge in [0.2, 0.25) is 0 Å². The van der Waals surface area contributed by atoms with Crippen molar-refractivity contribution in [3.8, 4) is 90.1 Å². The molecule has 10 rings (SSSR count). The number of hydrogen-bond acceptors (Lipinski definition) is 4. The van der Waals surface area contributed by atoms with E-state index in [4.69, 9.17) is 19.9 Å². The fourth-order valence-electron chi connectivity index (χ4n) is 7.40. The van der Waals surface area contributed by atoms with E-state index >= 15 is 0 Å². The summed E-state index contributed by atoms with van der Waals surface area (Å²) in [5.41, 5.74) is 14.5. The van der Waals surface area contributed by atoms with Crippen LogP contribution in [0.1, 0.15) is 0 Å². The number of nitrogens with zero attached hydrogens (tertiary/aromatic N) is 5. The molecule has 7 aromatic carbocycles. The third-order valence-electron chi connectivity index (χ3n) is 10.3. The van der Waals surface area contributed by atoms with Crippen LogP contribution in [0.4, 0.5) is 0 Å². The third-order valence-corrected chi connectivity index (χ3v) is 10.3. The van der Waals surface area contributed by atoms with Gasteiger partial charge in [-0.15, -0.1) is 0 Å². The fraction of sp³-hybridized carbons (Fsp3) is 0. The van der Waals surface area contributed by atoms with Crippen molar-refractivity contribution in [3.63, 3.8) is 0 Å². The number of fused-ring (bicyclic) bond motifs is 1. The maximum absolute atomic E-state index is 5.15. The monoisotopic (exact) mass is 729 g/mol. The minimum Gasteiger partial charge on any atom is -0.299 e. The van der Waals surface area contributed by atoms with E-state index in [2.05, 4.69) is 156 Å². The van der Waals surface area contributed by atoms with Crippen molar-refractivity contribution in [1.82, 2.24) is 24.3 Å². The highest BCUT2D eigenvalue weighted by atomic mass is 15.0. The van der Waals surface area contributed by atoms with Gasteiger partial charge in [-0.05, 0) is 63.7 Å². The third kappa shape index (κ3) is 6.79. The van der Waals surface area contributed by atoms with Crippen molar-refractivity contribution in [2.45, 2.75) is 0 Å². The lowest BCUT2D eigenvalue weighted by molar-refractivity contribution is 1.07. The molecule has 0 amide bonds. The number of hydrogen-bond donors (Lipinski definition) is 0. The second-order valence-corrected chi connectivity index (χ2v) is 14.0. The van der Waals surface area contributed by atoms with Crippen LogP contribution < -0.4 is 0 Å². The number of aromatic nitrogens is 5. The summed E-state index contributed by atoms with van der Waals surface area (Å²) in [6.45, 7) is 0. The molecule has 5 heteroatoms. The van der Waals surface area contributed by atoms with Crippen molar-refractivity contribution in [2.75, 3.05) is 0 Å². The molecule has 5 nitrogen and oxygen atoms in total. The Morgan fingerprint density at radius 1 is 0.263 bits per heavy atom. The summed E-state index contributed by atoms with van der Waals surface area (Å²) in [6.07, 6.45) is 2.08. The lowest BCUT2D eigenvalue weighted by Gasteiger charge is -2.13. The van der Waals surface area contributed by atoms with Crippen molar-refractivity contribution in [3.05, 3.63) is 212 Å². The maximum atomic E-state index is 5.15. The van der Waals surface area contributed by atoms with Gasteiger partial charge < -0.3 is 0 Å². The van der Waals surface area contributed by atoms with E-state index in [1.54, 1.807) is 0 Å². The van der Waals surface area contributed by atoms with Crippen molar-refractivity contribution < 1.29 is 0 Å². The van der Waals surface area contributed by atoms with E-state index in [-0.39, 0.29) is 0 Å². The number of rotatable bonds is 8. The number of benzene rings is 7. The summed E-state index contributed by atoms with van der Waals surface area (Å²) in [6, 6.07) is 71.4. The first-order valence-corrected chi connectivity index (χ1v) is 19.1. The Balaban J connectivity index is 1.09. The summed E-state index contributed by atoms with van der Waals surface area (Å²) in [5, 5.41) is 0. The molecule has 0 saturated carbocycles. The van der Waals surface area contributed by atoms with Crippen molar-refractivity contribution in [2.24, 2.45) is 0 Å². The largest absolute Gasteiger partial charge is 0.299 e. The SMILES string of the molecule is c1ccc(-c2ccc(-c3nc(-c4ccccc4)nc(-c4cc(-c5ccccc5)cc(-c5ccc(-c6nc7ccccn7c6-c6ccccc6)cc5)c4)n3)cc2)cc1. The standard InChI is InChI=1S/C52H35N5/c1-5-15-36(16-6-1)38-26-30-43(31-27-38)51-54-50(42-21-11-4-12-22-42)55-52(56-51)46-34-44(37-17-7-2-8-18-37)33-45(35-46)39-24-28-40(29-25-39)48-49(41-19-9-3-10-20-41)57-32-14-13-23-47(57)53-48/h1-35H. The molecular weight excluding hydrogens is 695 g/mol. The first-order chi connectivity index (χ1) is 28.2. The zero-order chi connectivity index (χ0) is 38.0. The molecule has 0 aliphatic carbocycles. The van der Waals surface area contributed by atoms with Crippen LogP contribution in [0.25, 0.3) is 95.7 Å². The van der Waals surface area contributed by atoms with Crippen LogP contribution in [0.5, 0.6) is 0 Å². The summed E-state index contributed by atoms with van der Waals surface area (Å²) < 4.78 is 2.17. The fourth-order valence-corrected chi connectivity index (χ4v) is 7.40. The molecule has 0 N–H and O–H groups in total. The first kappa shape index (κ1) is 33.8. The summed E-state index contributed by atoms with van der Waals surface area (Å²) in [4.78, 5) is 20.4. The molecule has 10 aromatic rings. The van der Waals surface area contributed by atoms with Gasteiger partial charge in [0.15, 0.2) is 17.5 Å². The normalized spacial score (nSPS) is 11.2. The second kappa shape index (κ2) is 14.8. The molecule has 0 saturated heterocycles. The molecule has 0 radical (unpaired) electrons. The Bertz CT molecular complexity index is 2960. The molecule has 0 unspecified atom stereocenters. The lowest BCUT2D eigenvalue weighted by Crippen LogP contribution is -2.00. The number of pyridine rings is 1. The molecule has 0 aliphatic heterocycles. The first-order valence-electron chi connectivity index (χ1n) is 19.1. The summed E-state index contributed by atoms with van der Waals surface area (Å²) in [5.74, 6) is 1.86. The minimum atomic E-state index is 0.610. The molecule has 0 fully saturated rings. The van der Waals surface area contributed by atoms with Crippen LogP contribution >= 0.6 is 0 Å². The Labute approximate surface area is 331 Å². The van der Waals surface area contributed by atoms with Crippen molar-refractivity contribution >= 4 is 5.65 Å². The molecule has 0 spiro atoms. The average Bonchev–Trinajstić information content (AvgIpc) is 3.70. The van der Waals surface area contributed by atoms with Gasteiger partial charge in [-0.25, -0.2) is 19.9 Å². The van der Waals surface area contributed by atoms with E-state index in [1.165, 1.54) is 5.56 Å². The van der Waals surface area contributed by atoms with Gasteiger partial charge in [0.05, 0.1) is 11.4 Å². The molecular formula is C52H35N5. The molecule has 268 valence electrons. The molecule has 57 heavy (non-hydrogen) atoms. The molecule has 0 atom stereocenters. The van der Waals surface area contributed by atoms with E-state index in [1.807, 2.05) is 60.7 Å². The van der Waals surface area contributed by atoms with E-state index in [0.29, 0.717) is 17.5 Å². The lowest BCUT2D eigenvalue weighted by atomic mass is 9.94. The molecule has 3 aromatic heterocycles. The predicted molar refractivity (Wildman–Crippen MR) is 232 cm³/mol. The molecule has 0 bridgehead atoms. The smallest absolute Gasteiger partial charge is 0.164 e. The Morgan fingerprint density at radius 3 is 1.19 bits per heavy atom. The van der Waals surface area contributed by atoms with E-state index < -0.39 is 0 Å². The number of imidazole rings is 1. The van der Waals surface area contributed by atoms with Gasteiger partial charge in [0, 0.05) is 34.0 Å². The van der Waals surface area contributed by atoms with E-state index in [0.717, 1.165) is 72.7 Å². The summed E-state index contributed by atoms with van der Waals surface area (Å²) in [7, 11) is 0. The van der Waals surface area contributed by atoms with Crippen LogP contribution in [-0.4, -0.2) is 24.3 Å². The maximum Gasteiger partial charge on any atom is 0.164 e. The van der Waals surface area contributed by atoms with Gasteiger partial charge in [-0.3, -0.25) is 4.40 Å². The Kier molecular flexibility index (Phi) is 8.78. The highest BCUT2D eigenvalue weighted by molar-refractivity contribution is 5.85. The zero-order valence-corrected chi connectivity index (χ0v) is 30.9. The highest BCUT2D eigenvalue weighted by Crippen LogP contribution is 2.37. The molecule has 3 heterocycles. The Hall–Kier alpha value is -7.76. The van der Waals surface area contributed by atoms with Crippen LogP contribution in [-0.2, 0) is 0 Å². The van der Waals surface area contributed by atoms with Gasteiger partial charge in [0.25, 0.3) is 0 Å². The van der Waals surface area contributed by atoms with Crippen LogP contribution in [0.15, 0.2) is 212 Å². The van der Waals surface area contributed by atoms with Gasteiger partial charge in [-0.2, -0.15) is 0 Å². The predicted octanol–water partition coefficient (Wildman–Crippen LogP) is 12.9. The van der Waals surface area contributed by atoms with Crippen molar-refractivity contribution in [1.29, 1.82) is 0 Å². The van der Waals surface area contributed by atoms with Gasteiger partial charge in [0.1, 0.15) is 5.65 Å². The van der Waals surface area contributed by atoms with Crippen LogP contribution in [0.3, 0.4) is 0 Å². The minimum absolute atomic E-state index is 0.610. The van der Waals surface area contributed by atoms with Crippen LogP contribution in [0.2, 0.25) is 0 Å². The van der Waals surface area contributed by atoms with Crippen LogP contribution in [0, 0.1) is 0 Å². The topological polar surface area (TPSA) is 56.0 Å². The Morgan fingerprint density at radius 2 is 0.632 bits per heavy atom. The van der Waals surface area contributed by atoms with Gasteiger partial charge in [-0.1, -0.05) is 176 Å². The zero-order valence-electron chi connectivity index (χ0n) is 30.9. The average molecular weight is 730 g/mol. The second-order valence-electron chi connectivity index (χ2n) is 14.0. The van der Waals surface area contributed by atoms with Gasteiger partial charge >= 0.3 is 0 Å². The summed E-state index contributed by atoms with van der Waals surface area (Å²) >= 11 is 0. The van der Waals surface area contributed by atoms with E-state index in [9.17, 15) is 0 Å². The quantitative estimate of drug-likeness (QED) is 0.156. The highest BCUT2D eigenvalue weighted by Gasteiger charge is 2.18. The molecule has 0 aliphatic rings.